The minimum absolute atomic E-state index is 0.255. The predicted octanol–water partition coefficient (Wildman–Crippen LogP) is 2.78. The van der Waals surface area contributed by atoms with Gasteiger partial charge < -0.3 is 15.8 Å². The van der Waals surface area contributed by atoms with Gasteiger partial charge in [-0.15, -0.1) is 0 Å². The molecule has 2 fully saturated rings. The Kier molecular flexibility index (Phi) is 3.92. The maximum Gasteiger partial charge on any atom is 0.188 e. The Morgan fingerprint density at radius 2 is 2.09 bits per heavy atom. The summed E-state index contributed by atoms with van der Waals surface area (Å²) in [5.41, 5.74) is 7.39. The summed E-state index contributed by atoms with van der Waals surface area (Å²) in [5, 5.41) is 5.94. The first kappa shape index (κ1) is 14.5. The maximum absolute atomic E-state index is 6.01. The summed E-state index contributed by atoms with van der Waals surface area (Å²) in [6.07, 6.45) is 3.61. The third-order valence-electron chi connectivity index (χ3n) is 4.81. The normalized spacial score (nSPS) is 27.3. The highest BCUT2D eigenvalue weighted by molar-refractivity contribution is 5.83. The summed E-state index contributed by atoms with van der Waals surface area (Å²) < 4.78 is 5.56. The first-order chi connectivity index (χ1) is 11.3. The fourth-order valence-electron chi connectivity index (χ4n) is 3.39. The molecule has 4 rings (SSSR count). The molecule has 0 radical (unpaired) electrons. The lowest BCUT2D eigenvalue weighted by molar-refractivity contribution is 0.118. The number of nitrogens with one attached hydrogen (secondary N) is 1. The van der Waals surface area contributed by atoms with Crippen LogP contribution in [0.4, 0.5) is 0 Å². The van der Waals surface area contributed by atoms with E-state index in [-0.39, 0.29) is 6.10 Å². The van der Waals surface area contributed by atoms with Gasteiger partial charge in [0.05, 0.1) is 12.6 Å². The third kappa shape index (κ3) is 3.32. The highest BCUT2D eigenvalue weighted by atomic mass is 16.5. The first-order valence-electron chi connectivity index (χ1n) is 8.46. The van der Waals surface area contributed by atoms with E-state index in [1.54, 1.807) is 0 Å². The van der Waals surface area contributed by atoms with Gasteiger partial charge in [0, 0.05) is 18.6 Å². The third-order valence-corrected chi connectivity index (χ3v) is 4.81. The maximum atomic E-state index is 6.01. The van der Waals surface area contributed by atoms with Gasteiger partial charge in [-0.25, -0.2) is 0 Å². The van der Waals surface area contributed by atoms with Crippen LogP contribution in [-0.2, 0) is 4.74 Å². The number of fused-ring (bicyclic) bond motifs is 1. The summed E-state index contributed by atoms with van der Waals surface area (Å²) >= 11 is 0. The minimum atomic E-state index is 0.255. The lowest BCUT2D eigenvalue weighted by Crippen LogP contribution is -2.34. The molecule has 23 heavy (non-hydrogen) atoms. The molecule has 4 nitrogen and oxygen atoms in total. The molecule has 1 saturated heterocycles. The first-order valence-corrected chi connectivity index (χ1v) is 8.46. The number of ether oxygens (including phenoxy) is 1. The number of aliphatic imine (C=N–C) groups is 1. The SMILES string of the molecule is NC(=NCC1CCCO1)N[C@@H]1C[C@H]1c1ccc2ccccc2c1. The zero-order chi connectivity index (χ0) is 15.6. The van der Waals surface area contributed by atoms with E-state index in [4.69, 9.17) is 10.5 Å². The quantitative estimate of drug-likeness (QED) is 0.674. The van der Waals surface area contributed by atoms with Crippen molar-refractivity contribution >= 4 is 16.7 Å². The van der Waals surface area contributed by atoms with E-state index in [9.17, 15) is 0 Å². The largest absolute Gasteiger partial charge is 0.376 e. The highest BCUT2D eigenvalue weighted by Gasteiger charge is 2.38. The van der Waals surface area contributed by atoms with Crippen molar-refractivity contribution in [1.29, 1.82) is 0 Å². The average Bonchev–Trinajstić information content (AvgIpc) is 3.13. The van der Waals surface area contributed by atoms with E-state index in [0.29, 0.717) is 24.5 Å². The predicted molar refractivity (Wildman–Crippen MR) is 93.7 cm³/mol. The van der Waals surface area contributed by atoms with Gasteiger partial charge in [-0.1, -0.05) is 42.5 Å². The molecular weight excluding hydrogens is 286 g/mol. The van der Waals surface area contributed by atoms with Gasteiger partial charge in [0.2, 0.25) is 0 Å². The monoisotopic (exact) mass is 309 g/mol. The molecular formula is C19H23N3O. The van der Waals surface area contributed by atoms with E-state index < -0.39 is 0 Å². The van der Waals surface area contributed by atoms with Crippen molar-refractivity contribution in [3.05, 3.63) is 48.0 Å². The van der Waals surface area contributed by atoms with E-state index in [2.05, 4.69) is 52.8 Å². The average molecular weight is 309 g/mol. The fourth-order valence-corrected chi connectivity index (χ4v) is 3.39. The highest BCUT2D eigenvalue weighted by Crippen LogP contribution is 2.41. The number of nitrogens with zero attached hydrogens (tertiary/aromatic N) is 1. The molecule has 1 heterocycles. The molecule has 0 spiro atoms. The second kappa shape index (κ2) is 6.20. The van der Waals surface area contributed by atoms with Gasteiger partial charge in [-0.3, -0.25) is 4.99 Å². The summed E-state index contributed by atoms with van der Waals surface area (Å²) in [6.45, 7) is 1.53. The number of benzene rings is 2. The van der Waals surface area contributed by atoms with Crippen LogP contribution in [0.5, 0.6) is 0 Å². The van der Waals surface area contributed by atoms with Gasteiger partial charge in [0.25, 0.3) is 0 Å². The zero-order valence-corrected chi connectivity index (χ0v) is 13.2. The Morgan fingerprint density at radius 3 is 2.91 bits per heavy atom. The summed E-state index contributed by atoms with van der Waals surface area (Å²) in [7, 11) is 0. The number of hydrogen-bond acceptors (Lipinski definition) is 2. The Morgan fingerprint density at radius 1 is 1.22 bits per heavy atom. The van der Waals surface area contributed by atoms with Crippen LogP contribution in [0.1, 0.15) is 30.7 Å². The van der Waals surface area contributed by atoms with E-state index in [0.717, 1.165) is 25.9 Å². The molecule has 3 N–H and O–H groups in total. The molecule has 2 aliphatic rings. The van der Waals surface area contributed by atoms with Gasteiger partial charge in [0.15, 0.2) is 5.96 Å². The van der Waals surface area contributed by atoms with Gasteiger partial charge in [-0.2, -0.15) is 0 Å². The van der Waals surface area contributed by atoms with Crippen LogP contribution in [0.3, 0.4) is 0 Å². The Balaban J connectivity index is 1.36. The summed E-state index contributed by atoms with van der Waals surface area (Å²) in [4.78, 5) is 4.42. The summed E-state index contributed by atoms with van der Waals surface area (Å²) in [6, 6.07) is 15.6. The molecule has 3 atom stereocenters. The Labute approximate surface area is 136 Å². The standard InChI is InChI=1S/C19H23N3O/c20-19(21-12-16-6-3-9-23-16)22-18-11-17(18)15-8-7-13-4-1-2-5-14(13)10-15/h1-2,4-5,7-8,10,16-18H,3,6,9,11-12H2,(H3,20,21,22)/t16?,17-,18+/m0/s1. The van der Waals surface area contributed by atoms with Crippen molar-refractivity contribution in [3.8, 4) is 0 Å². The van der Waals surface area contributed by atoms with Crippen molar-refractivity contribution < 1.29 is 4.74 Å². The van der Waals surface area contributed by atoms with Gasteiger partial charge >= 0.3 is 0 Å². The van der Waals surface area contributed by atoms with E-state index in [1.165, 1.54) is 16.3 Å². The van der Waals surface area contributed by atoms with Crippen molar-refractivity contribution in [2.75, 3.05) is 13.2 Å². The van der Waals surface area contributed by atoms with Crippen LogP contribution in [0.25, 0.3) is 10.8 Å². The molecule has 120 valence electrons. The lowest BCUT2D eigenvalue weighted by Gasteiger charge is -2.08. The van der Waals surface area contributed by atoms with Crippen molar-refractivity contribution in [2.24, 2.45) is 10.7 Å². The van der Waals surface area contributed by atoms with Crippen LogP contribution >= 0.6 is 0 Å². The second-order valence-electron chi connectivity index (χ2n) is 6.56. The molecule has 0 bridgehead atoms. The molecule has 1 aliphatic heterocycles. The Bertz CT molecular complexity index is 721. The minimum Gasteiger partial charge on any atom is -0.376 e. The van der Waals surface area contributed by atoms with Crippen LogP contribution in [0.15, 0.2) is 47.5 Å². The molecule has 0 aromatic heterocycles. The molecule has 1 aliphatic carbocycles. The number of hydrogen-bond donors (Lipinski definition) is 2. The summed E-state index contributed by atoms with van der Waals surface area (Å²) in [5.74, 6) is 1.09. The topological polar surface area (TPSA) is 59.6 Å². The molecule has 4 heteroatoms. The molecule has 2 aromatic rings. The lowest BCUT2D eigenvalue weighted by atomic mass is 10.0. The van der Waals surface area contributed by atoms with Crippen molar-refractivity contribution in [3.63, 3.8) is 0 Å². The van der Waals surface area contributed by atoms with Gasteiger partial charge in [-0.05, 0) is 35.6 Å². The fraction of sp³-hybridized carbons (Fsp3) is 0.421. The van der Waals surface area contributed by atoms with E-state index >= 15 is 0 Å². The van der Waals surface area contributed by atoms with Crippen LogP contribution < -0.4 is 11.1 Å². The number of nitrogens with two attached hydrogens (primary N) is 1. The number of guanidine groups is 1. The molecule has 1 saturated carbocycles. The van der Waals surface area contributed by atoms with Gasteiger partial charge in [0.1, 0.15) is 0 Å². The van der Waals surface area contributed by atoms with Crippen LogP contribution in [-0.4, -0.2) is 31.3 Å². The Hall–Kier alpha value is -2.07. The van der Waals surface area contributed by atoms with Crippen LogP contribution in [0.2, 0.25) is 0 Å². The second-order valence-corrected chi connectivity index (χ2v) is 6.56. The van der Waals surface area contributed by atoms with Crippen molar-refractivity contribution in [1.82, 2.24) is 5.32 Å². The number of rotatable bonds is 4. The van der Waals surface area contributed by atoms with Crippen molar-refractivity contribution in [2.45, 2.75) is 37.3 Å². The van der Waals surface area contributed by atoms with E-state index in [1.807, 2.05) is 0 Å². The zero-order valence-electron chi connectivity index (χ0n) is 13.2. The molecule has 2 aromatic carbocycles. The molecule has 1 unspecified atom stereocenters. The van der Waals surface area contributed by atoms with Crippen LogP contribution in [0, 0.1) is 0 Å². The smallest absolute Gasteiger partial charge is 0.188 e. The molecule has 0 amide bonds.